The Balaban J connectivity index is 2.22. The predicted octanol–water partition coefficient (Wildman–Crippen LogP) is 5.55. The molecule has 3 rings (SSSR count). The zero-order valence-corrected chi connectivity index (χ0v) is 23.2. The van der Waals surface area contributed by atoms with Crippen molar-refractivity contribution in [2.45, 2.75) is 65.5 Å². The minimum atomic E-state index is -0.781. The highest BCUT2D eigenvalue weighted by molar-refractivity contribution is 6.46. The Kier molecular flexibility index (Phi) is 8.69. The first-order valence-electron chi connectivity index (χ1n) is 12.6. The molecule has 7 heteroatoms. The van der Waals surface area contributed by atoms with Crippen molar-refractivity contribution in [3.63, 3.8) is 0 Å². The largest absolute Gasteiger partial charge is 0.507 e. The molecule has 0 saturated carbocycles. The van der Waals surface area contributed by atoms with Crippen molar-refractivity contribution in [3.8, 4) is 11.5 Å². The number of carbonyl (C=O) groups excluding carboxylic acids is 2. The normalized spacial score (nSPS) is 17.5. The van der Waals surface area contributed by atoms with Crippen LogP contribution in [-0.2, 0) is 19.7 Å². The van der Waals surface area contributed by atoms with Gasteiger partial charge in [0.05, 0.1) is 24.8 Å². The summed E-state index contributed by atoms with van der Waals surface area (Å²) in [6, 6.07) is 10.4. The smallest absolute Gasteiger partial charge is 0.295 e. The number of hydrogen-bond acceptors (Lipinski definition) is 6. The first-order chi connectivity index (χ1) is 17.4. The Morgan fingerprint density at radius 1 is 1.05 bits per heavy atom. The Bertz CT molecular complexity index is 1190. The van der Waals surface area contributed by atoms with Gasteiger partial charge in [-0.25, -0.2) is 0 Å². The van der Waals surface area contributed by atoms with Crippen molar-refractivity contribution in [1.82, 2.24) is 4.90 Å². The summed E-state index contributed by atoms with van der Waals surface area (Å²) >= 11 is 0. The number of amides is 1. The zero-order chi connectivity index (χ0) is 27.5. The lowest BCUT2D eigenvalue weighted by Gasteiger charge is -2.26. The summed E-state index contributed by atoms with van der Waals surface area (Å²) in [4.78, 5) is 28.2. The van der Waals surface area contributed by atoms with Crippen molar-refractivity contribution >= 4 is 17.4 Å². The zero-order valence-electron chi connectivity index (χ0n) is 23.2. The number of nitrogens with zero attached hydrogens (tertiary/aromatic N) is 1. The summed E-state index contributed by atoms with van der Waals surface area (Å²) < 4.78 is 16.6. The molecule has 2 aromatic carbocycles. The number of likely N-dealkylation sites (tertiary alicyclic amines) is 1. The SMILES string of the molecule is COCCCN1C(=O)C(=O)/C(=C(/O)c2cc(C(C)(C)C)ccc2C)C1c1ccc(OC(C)C)c(OC)c1. The highest BCUT2D eigenvalue weighted by atomic mass is 16.5. The second-order valence-electron chi connectivity index (χ2n) is 10.7. The molecule has 2 aromatic rings. The molecule has 0 spiro atoms. The topological polar surface area (TPSA) is 85.3 Å². The molecule has 7 nitrogen and oxygen atoms in total. The Hall–Kier alpha value is -3.32. The number of carbonyl (C=O) groups is 2. The number of Topliss-reactive ketones (excluding diaryl/α,β-unsaturated/α-hetero) is 1. The number of aryl methyl sites for hydroxylation is 1. The molecule has 0 aliphatic carbocycles. The Labute approximate surface area is 220 Å². The lowest BCUT2D eigenvalue weighted by Crippen LogP contribution is -2.31. The molecular formula is C30H39NO6. The van der Waals surface area contributed by atoms with Crippen LogP contribution in [0.2, 0.25) is 0 Å². The molecular weight excluding hydrogens is 470 g/mol. The third kappa shape index (κ3) is 5.99. The first kappa shape index (κ1) is 28.3. The van der Waals surface area contributed by atoms with Crippen molar-refractivity contribution in [2.24, 2.45) is 0 Å². The fraction of sp³-hybridized carbons (Fsp3) is 0.467. The average molecular weight is 510 g/mol. The maximum absolute atomic E-state index is 13.4. The molecule has 1 heterocycles. The number of benzene rings is 2. The van der Waals surface area contributed by atoms with E-state index in [0.29, 0.717) is 42.2 Å². The summed E-state index contributed by atoms with van der Waals surface area (Å²) in [7, 11) is 3.14. The van der Waals surface area contributed by atoms with Crippen LogP contribution in [-0.4, -0.2) is 55.2 Å². The van der Waals surface area contributed by atoms with E-state index in [1.807, 2.05) is 45.0 Å². The van der Waals surface area contributed by atoms with Gasteiger partial charge >= 0.3 is 0 Å². The number of ether oxygens (including phenoxy) is 3. The van der Waals surface area contributed by atoms with E-state index in [1.54, 1.807) is 26.4 Å². The lowest BCUT2D eigenvalue weighted by atomic mass is 9.84. The molecule has 200 valence electrons. The van der Waals surface area contributed by atoms with Crippen LogP contribution < -0.4 is 9.47 Å². The first-order valence-corrected chi connectivity index (χ1v) is 12.6. The molecule has 1 unspecified atom stereocenters. The fourth-order valence-corrected chi connectivity index (χ4v) is 4.53. The predicted molar refractivity (Wildman–Crippen MR) is 144 cm³/mol. The molecule has 1 atom stereocenters. The second kappa shape index (κ2) is 11.4. The van der Waals surface area contributed by atoms with Gasteiger partial charge in [-0.2, -0.15) is 0 Å². The van der Waals surface area contributed by atoms with Crippen molar-refractivity contribution in [2.75, 3.05) is 27.4 Å². The van der Waals surface area contributed by atoms with Crippen molar-refractivity contribution in [1.29, 1.82) is 0 Å². The van der Waals surface area contributed by atoms with E-state index < -0.39 is 17.7 Å². The van der Waals surface area contributed by atoms with Crippen LogP contribution in [0.25, 0.3) is 5.76 Å². The maximum Gasteiger partial charge on any atom is 0.295 e. The van der Waals surface area contributed by atoms with Gasteiger partial charge in [0.15, 0.2) is 11.5 Å². The van der Waals surface area contributed by atoms with E-state index in [4.69, 9.17) is 14.2 Å². The van der Waals surface area contributed by atoms with E-state index in [2.05, 4.69) is 20.8 Å². The van der Waals surface area contributed by atoms with Gasteiger partial charge in [0.25, 0.3) is 11.7 Å². The molecule has 1 aliphatic heterocycles. The third-order valence-corrected chi connectivity index (χ3v) is 6.51. The van der Waals surface area contributed by atoms with Gasteiger partial charge < -0.3 is 24.2 Å². The maximum atomic E-state index is 13.4. The molecule has 0 aromatic heterocycles. The van der Waals surface area contributed by atoms with Crippen LogP contribution in [0.4, 0.5) is 0 Å². The van der Waals surface area contributed by atoms with Gasteiger partial charge in [0.2, 0.25) is 0 Å². The molecule has 1 N–H and O–H groups in total. The Morgan fingerprint density at radius 3 is 2.35 bits per heavy atom. The summed E-state index contributed by atoms with van der Waals surface area (Å²) in [6.45, 7) is 12.7. The minimum absolute atomic E-state index is 0.0579. The van der Waals surface area contributed by atoms with Gasteiger partial charge in [-0.15, -0.1) is 0 Å². The van der Waals surface area contributed by atoms with E-state index in [1.165, 1.54) is 4.90 Å². The van der Waals surface area contributed by atoms with Gasteiger partial charge in [-0.05, 0) is 67.5 Å². The lowest BCUT2D eigenvalue weighted by molar-refractivity contribution is -0.140. The molecule has 1 aliphatic rings. The monoisotopic (exact) mass is 509 g/mol. The minimum Gasteiger partial charge on any atom is -0.507 e. The molecule has 1 saturated heterocycles. The summed E-state index contributed by atoms with van der Waals surface area (Å²) in [5.74, 6) is -0.482. The third-order valence-electron chi connectivity index (χ3n) is 6.51. The number of ketones is 1. The van der Waals surface area contributed by atoms with Crippen molar-refractivity contribution < 1.29 is 28.9 Å². The summed E-state index contributed by atoms with van der Waals surface area (Å²) in [5, 5.41) is 11.6. The highest BCUT2D eigenvalue weighted by Gasteiger charge is 2.46. The average Bonchev–Trinajstić information content (AvgIpc) is 3.08. The number of aliphatic hydroxyl groups excluding tert-OH is 1. The highest BCUT2D eigenvalue weighted by Crippen LogP contribution is 2.43. The molecule has 0 radical (unpaired) electrons. The standard InChI is InChI=1S/C30H39NO6/c1-18(2)37-23-13-11-20(16-24(23)36-8)26-25(28(33)29(34)31(26)14-9-15-35-7)27(32)22-17-21(30(4,5)6)12-10-19(22)3/h10-13,16-18,26,32H,9,14-15H2,1-8H3/b27-25+. The summed E-state index contributed by atoms with van der Waals surface area (Å²) in [6.07, 6.45) is 0.488. The van der Waals surface area contributed by atoms with Crippen LogP contribution in [0.1, 0.15) is 69.3 Å². The van der Waals surface area contributed by atoms with Crippen LogP contribution in [0, 0.1) is 6.92 Å². The van der Waals surface area contributed by atoms with Gasteiger partial charge in [0.1, 0.15) is 5.76 Å². The van der Waals surface area contributed by atoms with E-state index in [9.17, 15) is 14.7 Å². The van der Waals surface area contributed by atoms with Crippen LogP contribution in [0.3, 0.4) is 0 Å². The van der Waals surface area contributed by atoms with Gasteiger partial charge in [0, 0.05) is 25.8 Å². The quantitative estimate of drug-likeness (QED) is 0.207. The molecule has 0 bridgehead atoms. The van der Waals surface area contributed by atoms with E-state index in [0.717, 1.165) is 11.1 Å². The number of hydrogen-bond donors (Lipinski definition) is 1. The summed E-state index contributed by atoms with van der Waals surface area (Å²) in [5.41, 5.74) is 2.93. The van der Waals surface area contributed by atoms with Gasteiger partial charge in [-0.1, -0.05) is 39.0 Å². The molecule has 37 heavy (non-hydrogen) atoms. The Morgan fingerprint density at radius 2 is 1.76 bits per heavy atom. The number of rotatable bonds is 9. The van der Waals surface area contributed by atoms with Crippen LogP contribution in [0.5, 0.6) is 11.5 Å². The fourth-order valence-electron chi connectivity index (χ4n) is 4.53. The van der Waals surface area contributed by atoms with E-state index in [-0.39, 0.29) is 22.9 Å². The van der Waals surface area contributed by atoms with Crippen molar-refractivity contribution in [3.05, 3.63) is 64.2 Å². The number of methoxy groups -OCH3 is 2. The van der Waals surface area contributed by atoms with Gasteiger partial charge in [-0.3, -0.25) is 9.59 Å². The molecule has 1 amide bonds. The molecule has 1 fully saturated rings. The number of aliphatic hydroxyl groups is 1. The van der Waals surface area contributed by atoms with E-state index >= 15 is 0 Å². The van der Waals surface area contributed by atoms with Crippen LogP contribution >= 0.6 is 0 Å². The van der Waals surface area contributed by atoms with Crippen LogP contribution in [0.15, 0.2) is 42.0 Å². The second-order valence-corrected chi connectivity index (χ2v) is 10.7.